The van der Waals surface area contributed by atoms with Gasteiger partial charge < -0.3 is 10.1 Å². The summed E-state index contributed by atoms with van der Waals surface area (Å²) in [5, 5.41) is 4.01. The van der Waals surface area contributed by atoms with Crippen molar-refractivity contribution < 1.29 is 4.74 Å². The van der Waals surface area contributed by atoms with Crippen LogP contribution in [0.5, 0.6) is 0 Å². The molecule has 2 nitrogen and oxygen atoms in total. The van der Waals surface area contributed by atoms with Crippen LogP contribution in [0.3, 0.4) is 0 Å². The Labute approximate surface area is 96.7 Å². The second-order valence-electron chi connectivity index (χ2n) is 3.29. The molecule has 4 heteroatoms. The lowest BCUT2D eigenvalue weighted by Crippen LogP contribution is -2.33. The Morgan fingerprint density at radius 3 is 2.93 bits per heavy atom. The second kappa shape index (κ2) is 4.51. The van der Waals surface area contributed by atoms with Gasteiger partial charge in [-0.2, -0.15) is 0 Å². The van der Waals surface area contributed by atoms with Crippen LogP contribution >= 0.6 is 27.5 Å². The molecular weight excluding hydrogens is 265 g/mol. The smallest absolute Gasteiger partial charge is 0.0769 e. The molecule has 1 aliphatic heterocycles. The predicted molar refractivity (Wildman–Crippen MR) is 62.0 cm³/mol. The third-order valence-electron chi connectivity index (χ3n) is 2.25. The highest BCUT2D eigenvalue weighted by Crippen LogP contribution is 2.25. The minimum absolute atomic E-state index is 0.373. The van der Waals surface area contributed by atoms with Crippen LogP contribution in [-0.4, -0.2) is 19.3 Å². The first-order valence-electron chi connectivity index (χ1n) is 4.56. The maximum absolute atomic E-state index is 5.96. The molecular formula is C10H11BrClNO. The topological polar surface area (TPSA) is 21.3 Å². The monoisotopic (exact) mass is 275 g/mol. The van der Waals surface area contributed by atoms with Gasteiger partial charge in [0.1, 0.15) is 0 Å². The van der Waals surface area contributed by atoms with Gasteiger partial charge in [0.05, 0.1) is 11.1 Å². The van der Waals surface area contributed by atoms with E-state index in [4.69, 9.17) is 16.3 Å². The molecule has 76 valence electrons. The summed E-state index contributed by atoms with van der Waals surface area (Å²) in [7, 11) is 0. The average molecular weight is 277 g/mol. The fraction of sp³-hybridized carbons (Fsp3) is 0.400. The summed E-state index contributed by atoms with van der Waals surface area (Å²) in [6.07, 6.45) is 1.52. The number of rotatable bonds is 3. The maximum Gasteiger partial charge on any atom is 0.0769 e. The van der Waals surface area contributed by atoms with Gasteiger partial charge in [-0.1, -0.05) is 11.6 Å². The fourth-order valence-corrected chi connectivity index (χ4v) is 1.71. The van der Waals surface area contributed by atoms with Crippen LogP contribution < -0.4 is 5.32 Å². The van der Waals surface area contributed by atoms with Gasteiger partial charge in [0.25, 0.3) is 0 Å². The summed E-state index contributed by atoms with van der Waals surface area (Å²) in [4.78, 5) is 0. The molecule has 0 radical (unpaired) electrons. The highest BCUT2D eigenvalue weighted by Gasteiger charge is 2.17. The molecule has 1 aliphatic rings. The van der Waals surface area contributed by atoms with Crippen LogP contribution in [0, 0.1) is 0 Å². The van der Waals surface area contributed by atoms with Crippen molar-refractivity contribution >= 4 is 33.2 Å². The minimum Gasteiger partial charge on any atom is -0.382 e. The van der Waals surface area contributed by atoms with E-state index in [0.29, 0.717) is 6.10 Å². The Kier molecular flexibility index (Phi) is 3.31. The van der Waals surface area contributed by atoms with Gasteiger partial charge in [-0.15, -0.1) is 0 Å². The van der Waals surface area contributed by atoms with Crippen LogP contribution in [0.15, 0.2) is 22.7 Å². The quantitative estimate of drug-likeness (QED) is 0.914. The number of anilines is 1. The van der Waals surface area contributed by atoms with Crippen molar-refractivity contribution in [2.45, 2.75) is 12.5 Å². The number of hydrogen-bond acceptors (Lipinski definition) is 2. The standard InChI is InChI=1S/C10H11BrClNO/c11-9-2-1-7(5-10(9)12)13-6-8-3-4-14-8/h1-2,5,8,13H,3-4,6H2. The van der Waals surface area contributed by atoms with Crippen molar-refractivity contribution in [1.29, 1.82) is 0 Å². The lowest BCUT2D eigenvalue weighted by atomic mass is 10.2. The molecule has 1 aromatic rings. The van der Waals surface area contributed by atoms with Crippen molar-refractivity contribution in [2.75, 3.05) is 18.5 Å². The van der Waals surface area contributed by atoms with Crippen LogP contribution in [0.2, 0.25) is 5.02 Å². The Morgan fingerprint density at radius 1 is 1.57 bits per heavy atom. The van der Waals surface area contributed by atoms with Gasteiger partial charge in [-0.05, 0) is 40.5 Å². The number of halogens is 2. The number of benzene rings is 1. The first-order valence-corrected chi connectivity index (χ1v) is 5.73. The van der Waals surface area contributed by atoms with Gasteiger partial charge in [0, 0.05) is 23.3 Å². The largest absolute Gasteiger partial charge is 0.382 e. The molecule has 0 spiro atoms. The van der Waals surface area contributed by atoms with Crippen LogP contribution in [0.1, 0.15) is 6.42 Å². The lowest BCUT2D eigenvalue weighted by Gasteiger charge is -2.26. The molecule has 1 aromatic carbocycles. The molecule has 1 atom stereocenters. The van der Waals surface area contributed by atoms with Gasteiger partial charge in [-0.25, -0.2) is 0 Å². The summed E-state index contributed by atoms with van der Waals surface area (Å²) < 4.78 is 6.22. The predicted octanol–water partition coefficient (Wildman–Crippen LogP) is 3.30. The van der Waals surface area contributed by atoms with E-state index in [1.807, 2.05) is 18.2 Å². The van der Waals surface area contributed by atoms with E-state index in [-0.39, 0.29) is 0 Å². The molecule has 0 aliphatic carbocycles. The van der Waals surface area contributed by atoms with Crippen molar-refractivity contribution in [1.82, 2.24) is 0 Å². The normalized spacial score (nSPS) is 20.3. The van der Waals surface area contributed by atoms with Gasteiger partial charge >= 0.3 is 0 Å². The molecule has 1 heterocycles. The molecule has 1 unspecified atom stereocenters. The Balaban J connectivity index is 1.91. The van der Waals surface area contributed by atoms with Crippen molar-refractivity contribution in [3.8, 4) is 0 Å². The maximum atomic E-state index is 5.96. The fourth-order valence-electron chi connectivity index (χ4n) is 1.28. The van der Waals surface area contributed by atoms with Crippen LogP contribution in [0.25, 0.3) is 0 Å². The molecule has 0 bridgehead atoms. The molecule has 1 fully saturated rings. The highest BCUT2D eigenvalue weighted by atomic mass is 79.9. The van der Waals surface area contributed by atoms with Crippen molar-refractivity contribution in [3.63, 3.8) is 0 Å². The summed E-state index contributed by atoms with van der Waals surface area (Å²) in [5.41, 5.74) is 1.04. The van der Waals surface area contributed by atoms with E-state index in [2.05, 4.69) is 21.2 Å². The third-order valence-corrected chi connectivity index (χ3v) is 3.48. The molecule has 0 aromatic heterocycles. The molecule has 1 N–H and O–H groups in total. The van der Waals surface area contributed by atoms with E-state index in [9.17, 15) is 0 Å². The third kappa shape index (κ3) is 2.41. The SMILES string of the molecule is Clc1cc(NCC2CCO2)ccc1Br. The molecule has 0 amide bonds. The Hall–Kier alpha value is -0.250. The second-order valence-corrected chi connectivity index (χ2v) is 4.55. The average Bonchev–Trinajstić information content (AvgIpc) is 2.08. The first-order chi connectivity index (χ1) is 6.75. The Morgan fingerprint density at radius 2 is 2.36 bits per heavy atom. The summed E-state index contributed by atoms with van der Waals surface area (Å²) in [6.45, 7) is 1.76. The van der Waals surface area contributed by atoms with Crippen LogP contribution in [0.4, 0.5) is 5.69 Å². The Bertz CT molecular complexity index is 328. The molecule has 14 heavy (non-hydrogen) atoms. The minimum atomic E-state index is 0.373. The van der Waals surface area contributed by atoms with Gasteiger partial charge in [-0.3, -0.25) is 0 Å². The van der Waals surface area contributed by atoms with E-state index >= 15 is 0 Å². The van der Waals surface area contributed by atoms with Gasteiger partial charge in [0.15, 0.2) is 0 Å². The van der Waals surface area contributed by atoms with Crippen LogP contribution in [-0.2, 0) is 4.74 Å². The summed E-state index contributed by atoms with van der Waals surface area (Å²) >= 11 is 9.31. The number of ether oxygens (including phenoxy) is 1. The highest BCUT2D eigenvalue weighted by molar-refractivity contribution is 9.10. The van der Waals surface area contributed by atoms with E-state index in [1.165, 1.54) is 0 Å². The van der Waals surface area contributed by atoms with E-state index < -0.39 is 0 Å². The number of nitrogens with one attached hydrogen (secondary N) is 1. The zero-order valence-corrected chi connectivity index (χ0v) is 9.94. The zero-order valence-electron chi connectivity index (χ0n) is 7.59. The lowest BCUT2D eigenvalue weighted by molar-refractivity contribution is -0.0410. The summed E-state index contributed by atoms with van der Waals surface area (Å²) in [6, 6.07) is 5.84. The van der Waals surface area contributed by atoms with Gasteiger partial charge in [0.2, 0.25) is 0 Å². The van der Waals surface area contributed by atoms with Crippen molar-refractivity contribution in [3.05, 3.63) is 27.7 Å². The molecule has 2 rings (SSSR count). The molecule has 1 saturated heterocycles. The van der Waals surface area contributed by atoms with E-state index in [1.54, 1.807) is 0 Å². The number of hydrogen-bond donors (Lipinski definition) is 1. The van der Waals surface area contributed by atoms with Crippen molar-refractivity contribution in [2.24, 2.45) is 0 Å². The first kappa shape index (κ1) is 10.3. The zero-order chi connectivity index (χ0) is 9.97. The molecule has 0 saturated carbocycles. The summed E-state index contributed by atoms with van der Waals surface area (Å²) in [5.74, 6) is 0. The van der Waals surface area contributed by atoms with E-state index in [0.717, 1.165) is 34.8 Å².